The number of rotatable bonds is 7. The lowest BCUT2D eigenvalue weighted by Gasteiger charge is -2.06. The molecule has 0 saturated heterocycles. The third-order valence-electron chi connectivity index (χ3n) is 3.17. The zero-order chi connectivity index (χ0) is 16.5. The Morgan fingerprint density at radius 3 is 2.39 bits per heavy atom. The number of amides is 1. The monoisotopic (exact) mass is 329 g/mol. The van der Waals surface area contributed by atoms with Gasteiger partial charge in [0, 0.05) is 23.6 Å². The maximum atomic E-state index is 11.9. The van der Waals surface area contributed by atoms with Crippen molar-refractivity contribution in [2.75, 3.05) is 18.2 Å². The third-order valence-corrected chi connectivity index (χ3v) is 4.21. The van der Waals surface area contributed by atoms with Crippen molar-refractivity contribution < 1.29 is 14.3 Å². The van der Waals surface area contributed by atoms with Crippen molar-refractivity contribution in [2.45, 2.75) is 12.2 Å². The standard InChI is InChI=1S/C18H19NO3S/c1-22-18(21)15-7-9-16(10-8-15)19-17(20)11-12-23-13-14-5-3-2-4-6-14/h2-10H,11-13H2,1H3,(H,19,20). The molecule has 0 unspecified atom stereocenters. The number of benzene rings is 2. The van der Waals surface area contributed by atoms with Crippen LogP contribution in [0.2, 0.25) is 0 Å². The normalized spacial score (nSPS) is 10.1. The second-order valence-electron chi connectivity index (χ2n) is 4.91. The van der Waals surface area contributed by atoms with Crippen LogP contribution in [0.1, 0.15) is 22.3 Å². The van der Waals surface area contributed by atoms with Crippen molar-refractivity contribution >= 4 is 29.3 Å². The van der Waals surface area contributed by atoms with E-state index in [4.69, 9.17) is 0 Å². The Bertz CT molecular complexity index is 641. The summed E-state index contributed by atoms with van der Waals surface area (Å²) in [6.45, 7) is 0. The van der Waals surface area contributed by atoms with E-state index in [2.05, 4.69) is 22.2 Å². The molecule has 120 valence electrons. The molecule has 0 aliphatic heterocycles. The van der Waals surface area contributed by atoms with Crippen LogP contribution in [0.25, 0.3) is 0 Å². The molecular formula is C18H19NO3S. The van der Waals surface area contributed by atoms with E-state index in [0.717, 1.165) is 11.5 Å². The van der Waals surface area contributed by atoms with Crippen LogP contribution in [0.3, 0.4) is 0 Å². The van der Waals surface area contributed by atoms with E-state index >= 15 is 0 Å². The number of ether oxygens (including phenoxy) is 1. The molecule has 0 aromatic heterocycles. The molecular weight excluding hydrogens is 310 g/mol. The number of anilines is 1. The topological polar surface area (TPSA) is 55.4 Å². The van der Waals surface area contributed by atoms with Crippen LogP contribution in [0.5, 0.6) is 0 Å². The molecule has 0 fully saturated rings. The van der Waals surface area contributed by atoms with E-state index in [-0.39, 0.29) is 11.9 Å². The molecule has 4 nitrogen and oxygen atoms in total. The molecule has 0 spiro atoms. The quantitative estimate of drug-likeness (QED) is 0.621. The first-order valence-corrected chi connectivity index (χ1v) is 8.44. The van der Waals surface area contributed by atoms with Gasteiger partial charge in [0.1, 0.15) is 0 Å². The first kappa shape index (κ1) is 17.1. The molecule has 0 aliphatic rings. The van der Waals surface area contributed by atoms with E-state index in [9.17, 15) is 9.59 Å². The number of nitrogens with one attached hydrogen (secondary N) is 1. The fourth-order valence-corrected chi connectivity index (χ4v) is 2.86. The predicted molar refractivity (Wildman–Crippen MR) is 93.6 cm³/mol. The van der Waals surface area contributed by atoms with E-state index in [0.29, 0.717) is 17.7 Å². The second-order valence-corrected chi connectivity index (χ2v) is 6.01. The maximum Gasteiger partial charge on any atom is 0.337 e. The van der Waals surface area contributed by atoms with Crippen molar-refractivity contribution in [3.05, 3.63) is 65.7 Å². The zero-order valence-corrected chi connectivity index (χ0v) is 13.8. The highest BCUT2D eigenvalue weighted by Crippen LogP contribution is 2.14. The summed E-state index contributed by atoms with van der Waals surface area (Å²) in [5.41, 5.74) is 2.40. The van der Waals surface area contributed by atoms with Gasteiger partial charge in [-0.05, 0) is 29.8 Å². The Balaban J connectivity index is 1.71. The van der Waals surface area contributed by atoms with Crippen LogP contribution in [-0.2, 0) is 15.3 Å². The summed E-state index contributed by atoms with van der Waals surface area (Å²) in [7, 11) is 1.34. The largest absolute Gasteiger partial charge is 0.465 e. The van der Waals surface area contributed by atoms with Crippen molar-refractivity contribution in [2.24, 2.45) is 0 Å². The van der Waals surface area contributed by atoms with Crippen molar-refractivity contribution in [3.8, 4) is 0 Å². The van der Waals surface area contributed by atoms with Crippen molar-refractivity contribution in [1.29, 1.82) is 0 Å². The number of carbonyl (C=O) groups is 2. The molecule has 0 saturated carbocycles. The van der Waals surface area contributed by atoms with Crippen molar-refractivity contribution in [1.82, 2.24) is 0 Å². The number of thioether (sulfide) groups is 1. The lowest BCUT2D eigenvalue weighted by Crippen LogP contribution is -2.12. The average molecular weight is 329 g/mol. The van der Waals surface area contributed by atoms with Gasteiger partial charge in [-0.25, -0.2) is 4.79 Å². The molecule has 0 radical (unpaired) electrons. The highest BCUT2D eigenvalue weighted by Gasteiger charge is 2.06. The van der Waals surface area contributed by atoms with Gasteiger partial charge >= 0.3 is 5.97 Å². The summed E-state index contributed by atoms with van der Waals surface area (Å²) in [4.78, 5) is 23.2. The molecule has 5 heteroatoms. The zero-order valence-electron chi connectivity index (χ0n) is 13.0. The average Bonchev–Trinajstić information content (AvgIpc) is 2.59. The first-order chi connectivity index (χ1) is 11.2. The fourth-order valence-electron chi connectivity index (χ4n) is 1.96. The van der Waals surface area contributed by atoms with Gasteiger partial charge in [-0.3, -0.25) is 4.79 Å². The maximum absolute atomic E-state index is 11.9. The van der Waals surface area contributed by atoms with Gasteiger partial charge in [0.2, 0.25) is 5.91 Å². The van der Waals surface area contributed by atoms with Gasteiger partial charge in [-0.1, -0.05) is 30.3 Å². The minimum atomic E-state index is -0.389. The predicted octanol–water partition coefficient (Wildman–Crippen LogP) is 3.74. The minimum absolute atomic E-state index is 0.0311. The van der Waals surface area contributed by atoms with Gasteiger partial charge in [0.05, 0.1) is 12.7 Å². The summed E-state index contributed by atoms with van der Waals surface area (Å²) >= 11 is 1.73. The molecule has 0 bridgehead atoms. The van der Waals surface area contributed by atoms with Crippen LogP contribution >= 0.6 is 11.8 Å². The number of methoxy groups -OCH3 is 1. The number of hydrogen-bond acceptors (Lipinski definition) is 4. The number of hydrogen-bond donors (Lipinski definition) is 1. The molecule has 23 heavy (non-hydrogen) atoms. The van der Waals surface area contributed by atoms with Crippen molar-refractivity contribution in [3.63, 3.8) is 0 Å². The lowest BCUT2D eigenvalue weighted by molar-refractivity contribution is -0.115. The van der Waals surface area contributed by atoms with Crippen LogP contribution in [0.4, 0.5) is 5.69 Å². The van der Waals surface area contributed by atoms with E-state index in [1.54, 1.807) is 36.0 Å². The highest BCUT2D eigenvalue weighted by atomic mass is 32.2. The summed E-state index contributed by atoms with van der Waals surface area (Å²) < 4.78 is 4.63. The van der Waals surface area contributed by atoms with Crippen LogP contribution in [0, 0.1) is 0 Å². The van der Waals surface area contributed by atoms with Gasteiger partial charge in [-0.15, -0.1) is 0 Å². The molecule has 2 aromatic carbocycles. The molecule has 2 aromatic rings. The van der Waals surface area contributed by atoms with E-state index in [1.165, 1.54) is 12.7 Å². The Labute approximate surface area is 140 Å². The lowest BCUT2D eigenvalue weighted by atomic mass is 10.2. The van der Waals surface area contributed by atoms with Gasteiger partial charge in [0.25, 0.3) is 0 Å². The Morgan fingerprint density at radius 2 is 1.74 bits per heavy atom. The summed E-state index contributed by atoms with van der Waals surface area (Å²) in [6.07, 6.45) is 0.455. The van der Waals surface area contributed by atoms with Crippen LogP contribution < -0.4 is 5.32 Å². The highest BCUT2D eigenvalue weighted by molar-refractivity contribution is 7.98. The second kappa shape index (κ2) is 9.00. The van der Waals surface area contributed by atoms with Gasteiger partial charge in [-0.2, -0.15) is 11.8 Å². The molecule has 2 rings (SSSR count). The Hall–Kier alpha value is -2.27. The van der Waals surface area contributed by atoms with E-state index in [1.807, 2.05) is 18.2 Å². The van der Waals surface area contributed by atoms with Gasteiger partial charge in [0.15, 0.2) is 0 Å². The molecule has 0 atom stereocenters. The van der Waals surface area contributed by atoms with Crippen LogP contribution in [0.15, 0.2) is 54.6 Å². The Morgan fingerprint density at radius 1 is 1.04 bits per heavy atom. The third kappa shape index (κ3) is 5.79. The molecule has 0 aliphatic carbocycles. The number of esters is 1. The minimum Gasteiger partial charge on any atom is -0.465 e. The number of carbonyl (C=O) groups excluding carboxylic acids is 2. The fraction of sp³-hybridized carbons (Fsp3) is 0.222. The Kier molecular flexibility index (Phi) is 6.69. The smallest absolute Gasteiger partial charge is 0.337 e. The summed E-state index contributed by atoms with van der Waals surface area (Å²) in [5.74, 6) is 1.25. The van der Waals surface area contributed by atoms with Gasteiger partial charge < -0.3 is 10.1 Å². The van der Waals surface area contributed by atoms with E-state index < -0.39 is 0 Å². The molecule has 1 N–H and O–H groups in total. The molecule has 0 heterocycles. The van der Waals surface area contributed by atoms with Crippen LogP contribution in [-0.4, -0.2) is 24.7 Å². The summed E-state index contributed by atoms with van der Waals surface area (Å²) in [5, 5.41) is 2.82. The molecule has 1 amide bonds. The summed E-state index contributed by atoms with van der Waals surface area (Å²) in [6, 6.07) is 16.8. The SMILES string of the molecule is COC(=O)c1ccc(NC(=O)CCSCc2ccccc2)cc1. The first-order valence-electron chi connectivity index (χ1n) is 7.29.